The number of imidazole rings is 1. The van der Waals surface area contributed by atoms with Crippen molar-refractivity contribution in [3.8, 4) is 6.07 Å². The van der Waals surface area contributed by atoms with Crippen LogP contribution in [0.25, 0.3) is 5.78 Å². The van der Waals surface area contributed by atoms with Gasteiger partial charge in [0.25, 0.3) is 0 Å². The number of hydrogen-bond acceptors (Lipinski definition) is 4. The fraction of sp³-hybridized carbons (Fsp3) is 0.133. The van der Waals surface area contributed by atoms with Crippen molar-refractivity contribution >= 4 is 11.5 Å². The van der Waals surface area contributed by atoms with E-state index in [0.29, 0.717) is 18.7 Å². The second kappa shape index (κ2) is 5.41. The Kier molecular flexibility index (Phi) is 3.29. The quantitative estimate of drug-likeness (QED) is 0.785. The van der Waals surface area contributed by atoms with Crippen molar-refractivity contribution in [3.05, 3.63) is 60.2 Å². The number of aromatic nitrogens is 3. The molecule has 0 aliphatic carbocycles. The van der Waals surface area contributed by atoms with Gasteiger partial charge in [0.15, 0.2) is 0 Å². The Hall–Kier alpha value is -2.87. The lowest BCUT2D eigenvalue weighted by Gasteiger charge is -2.06. The van der Waals surface area contributed by atoms with Gasteiger partial charge in [-0.05, 0) is 23.8 Å². The van der Waals surface area contributed by atoms with Crippen LogP contribution >= 0.6 is 0 Å². The highest BCUT2D eigenvalue weighted by molar-refractivity contribution is 5.45. The van der Waals surface area contributed by atoms with Crippen molar-refractivity contribution in [1.82, 2.24) is 14.4 Å². The van der Waals surface area contributed by atoms with Gasteiger partial charge in [-0.15, -0.1) is 0 Å². The Morgan fingerprint density at radius 2 is 2.05 bits per heavy atom. The number of nitrogens with one attached hydrogen (secondary N) is 1. The molecule has 0 aliphatic rings. The topological polar surface area (TPSA) is 66.0 Å². The summed E-state index contributed by atoms with van der Waals surface area (Å²) < 4.78 is 1.96. The number of anilines is 1. The van der Waals surface area contributed by atoms with Gasteiger partial charge in [-0.2, -0.15) is 5.26 Å². The van der Waals surface area contributed by atoms with Crippen LogP contribution < -0.4 is 5.32 Å². The summed E-state index contributed by atoms with van der Waals surface area (Å²) in [6.45, 7) is 0.671. The summed E-state index contributed by atoms with van der Waals surface area (Å²) in [6.07, 6.45) is 5.94. The third-order valence-electron chi connectivity index (χ3n) is 3.08. The summed E-state index contributed by atoms with van der Waals surface area (Å²) in [5, 5.41) is 12.0. The van der Waals surface area contributed by atoms with Crippen LogP contribution in [-0.2, 0) is 13.0 Å². The van der Waals surface area contributed by atoms with Gasteiger partial charge in [0.1, 0.15) is 0 Å². The molecule has 0 fully saturated rings. The molecule has 0 spiro atoms. The van der Waals surface area contributed by atoms with Crippen LogP contribution in [0.3, 0.4) is 0 Å². The van der Waals surface area contributed by atoms with Crippen molar-refractivity contribution in [3.63, 3.8) is 0 Å². The molecule has 0 radical (unpaired) electrons. The number of benzene rings is 1. The second-order valence-electron chi connectivity index (χ2n) is 4.42. The number of hydrogen-bond donors (Lipinski definition) is 1. The summed E-state index contributed by atoms with van der Waals surface area (Å²) in [5.41, 5.74) is 3.09. The van der Waals surface area contributed by atoms with Gasteiger partial charge < -0.3 is 5.32 Å². The molecule has 2 heterocycles. The van der Waals surface area contributed by atoms with Gasteiger partial charge in [-0.1, -0.05) is 12.1 Å². The van der Waals surface area contributed by atoms with Gasteiger partial charge in [-0.25, -0.2) is 9.97 Å². The third-order valence-corrected chi connectivity index (χ3v) is 3.08. The first-order valence-corrected chi connectivity index (χ1v) is 6.33. The fourth-order valence-electron chi connectivity index (χ4n) is 2.03. The summed E-state index contributed by atoms with van der Waals surface area (Å²) in [5.74, 6) is 0.702. The van der Waals surface area contributed by atoms with Crippen molar-refractivity contribution in [2.24, 2.45) is 0 Å². The molecule has 0 amide bonds. The highest BCUT2D eigenvalue weighted by Gasteiger charge is 2.02. The zero-order valence-corrected chi connectivity index (χ0v) is 10.8. The Morgan fingerprint density at radius 1 is 1.20 bits per heavy atom. The zero-order valence-electron chi connectivity index (χ0n) is 10.8. The minimum atomic E-state index is 0.444. The van der Waals surface area contributed by atoms with Gasteiger partial charge in [0.2, 0.25) is 5.78 Å². The SMILES string of the molecule is N#CCc1ccc(NCc2cnc3ncccn23)cc1. The maximum absolute atomic E-state index is 8.64. The van der Waals surface area contributed by atoms with E-state index in [0.717, 1.165) is 16.9 Å². The van der Waals surface area contributed by atoms with Crippen molar-refractivity contribution in [2.45, 2.75) is 13.0 Å². The first-order chi connectivity index (χ1) is 9.86. The smallest absolute Gasteiger partial charge is 0.233 e. The van der Waals surface area contributed by atoms with Crippen LogP contribution in [-0.4, -0.2) is 14.4 Å². The Bertz CT molecular complexity index is 752. The maximum atomic E-state index is 8.64. The van der Waals surface area contributed by atoms with Crippen molar-refractivity contribution in [1.29, 1.82) is 5.26 Å². The Labute approximate surface area is 116 Å². The molecule has 5 nitrogen and oxygen atoms in total. The van der Waals surface area contributed by atoms with E-state index in [1.165, 1.54) is 0 Å². The summed E-state index contributed by atoms with van der Waals surface area (Å²) in [7, 11) is 0. The van der Waals surface area contributed by atoms with Crippen molar-refractivity contribution < 1.29 is 0 Å². The molecule has 0 aliphatic heterocycles. The van der Waals surface area contributed by atoms with Gasteiger partial charge in [0.05, 0.1) is 30.9 Å². The maximum Gasteiger partial charge on any atom is 0.233 e. The lowest BCUT2D eigenvalue weighted by molar-refractivity contribution is 0.985. The summed E-state index contributed by atoms with van der Waals surface area (Å²) in [4.78, 5) is 8.43. The van der Waals surface area contributed by atoms with Crippen LogP contribution in [0.2, 0.25) is 0 Å². The minimum absolute atomic E-state index is 0.444. The zero-order chi connectivity index (χ0) is 13.8. The number of fused-ring (bicyclic) bond motifs is 1. The van der Waals surface area contributed by atoms with E-state index in [9.17, 15) is 0 Å². The van der Waals surface area contributed by atoms with E-state index in [1.807, 2.05) is 47.1 Å². The van der Waals surface area contributed by atoms with E-state index in [1.54, 1.807) is 6.20 Å². The summed E-state index contributed by atoms with van der Waals surface area (Å²) in [6, 6.07) is 11.9. The second-order valence-corrected chi connectivity index (χ2v) is 4.42. The molecule has 0 saturated carbocycles. The van der Waals surface area contributed by atoms with Gasteiger partial charge in [-0.3, -0.25) is 4.40 Å². The molecule has 0 unspecified atom stereocenters. The molecule has 0 bridgehead atoms. The largest absolute Gasteiger partial charge is 0.379 e. The van der Waals surface area contributed by atoms with E-state index in [2.05, 4.69) is 21.4 Å². The molecule has 1 N–H and O–H groups in total. The van der Waals surface area contributed by atoms with Crippen LogP contribution in [0.1, 0.15) is 11.3 Å². The normalized spacial score (nSPS) is 10.3. The van der Waals surface area contributed by atoms with E-state index in [-0.39, 0.29) is 0 Å². The summed E-state index contributed by atoms with van der Waals surface area (Å²) >= 11 is 0. The Balaban J connectivity index is 1.71. The predicted octanol–water partition coefficient (Wildman–Crippen LogP) is 2.41. The van der Waals surface area contributed by atoms with Crippen LogP contribution in [0.4, 0.5) is 5.69 Å². The average molecular weight is 263 g/mol. The lowest BCUT2D eigenvalue weighted by Crippen LogP contribution is -2.02. The van der Waals surface area contributed by atoms with E-state index in [4.69, 9.17) is 5.26 Å². The molecule has 2 aromatic heterocycles. The first kappa shape index (κ1) is 12.2. The van der Waals surface area contributed by atoms with E-state index < -0.39 is 0 Å². The fourth-order valence-corrected chi connectivity index (χ4v) is 2.03. The van der Waals surface area contributed by atoms with E-state index >= 15 is 0 Å². The highest BCUT2D eigenvalue weighted by atomic mass is 15.1. The number of nitrogens with zero attached hydrogens (tertiary/aromatic N) is 4. The van der Waals surface area contributed by atoms with Crippen LogP contribution in [0, 0.1) is 11.3 Å². The number of rotatable bonds is 4. The molecular formula is C15H13N5. The lowest BCUT2D eigenvalue weighted by atomic mass is 10.1. The monoisotopic (exact) mass is 263 g/mol. The Morgan fingerprint density at radius 3 is 2.85 bits per heavy atom. The molecule has 98 valence electrons. The van der Waals surface area contributed by atoms with Crippen molar-refractivity contribution in [2.75, 3.05) is 5.32 Å². The molecule has 5 heteroatoms. The van der Waals surface area contributed by atoms with Crippen LogP contribution in [0.15, 0.2) is 48.9 Å². The van der Waals surface area contributed by atoms with Gasteiger partial charge in [0, 0.05) is 18.1 Å². The first-order valence-electron chi connectivity index (χ1n) is 6.33. The third kappa shape index (κ3) is 2.45. The molecule has 3 aromatic rings. The standard InChI is InChI=1S/C15H13N5/c16-7-6-12-2-4-13(5-3-12)18-10-14-11-19-15-17-8-1-9-20(14)15/h1-5,8-9,11,18H,6,10H2. The molecule has 20 heavy (non-hydrogen) atoms. The number of nitriles is 1. The molecule has 1 aromatic carbocycles. The predicted molar refractivity (Wildman–Crippen MR) is 76.1 cm³/mol. The minimum Gasteiger partial charge on any atom is -0.379 e. The molecule has 0 saturated heterocycles. The van der Waals surface area contributed by atoms with Gasteiger partial charge >= 0.3 is 0 Å². The molecule has 3 rings (SSSR count). The molecular weight excluding hydrogens is 250 g/mol. The average Bonchev–Trinajstić information content (AvgIpc) is 2.90. The highest BCUT2D eigenvalue weighted by Crippen LogP contribution is 2.12. The van der Waals surface area contributed by atoms with Crippen LogP contribution in [0.5, 0.6) is 0 Å². The molecule has 0 atom stereocenters.